The topological polar surface area (TPSA) is 55.8 Å². The van der Waals surface area contributed by atoms with Gasteiger partial charge in [-0.1, -0.05) is 70.3 Å². The van der Waals surface area contributed by atoms with Crippen LogP contribution in [0.4, 0.5) is 0 Å². The molecule has 0 bridgehead atoms. The molecule has 0 unspecified atom stereocenters. The Kier molecular flexibility index (Phi) is 7.13. The van der Waals surface area contributed by atoms with Gasteiger partial charge in [-0.2, -0.15) is 0 Å². The van der Waals surface area contributed by atoms with E-state index in [2.05, 4.69) is 47.4 Å². The summed E-state index contributed by atoms with van der Waals surface area (Å²) in [5, 5.41) is 0.0568. The number of esters is 1. The third-order valence-electron chi connectivity index (χ3n) is 6.88. The molecule has 7 heteroatoms. The highest BCUT2D eigenvalue weighted by molar-refractivity contribution is 8.03. The number of rotatable bonds is 8. The van der Waals surface area contributed by atoms with Crippen LogP contribution in [0.25, 0.3) is 0 Å². The van der Waals surface area contributed by atoms with Crippen molar-refractivity contribution in [3.05, 3.63) is 53.6 Å². The smallest absolute Gasteiger partial charge is 0.356 e. The van der Waals surface area contributed by atoms with E-state index in [1.165, 1.54) is 17.8 Å². The van der Waals surface area contributed by atoms with Crippen molar-refractivity contribution >= 4 is 32.0 Å². The summed E-state index contributed by atoms with van der Waals surface area (Å²) < 4.78 is 12.0. The lowest BCUT2D eigenvalue weighted by molar-refractivity contribution is -0.163. The first-order valence-electron chi connectivity index (χ1n) is 11.2. The summed E-state index contributed by atoms with van der Waals surface area (Å²) in [6.07, 6.45) is 1.33. The van der Waals surface area contributed by atoms with Crippen LogP contribution < -0.4 is 0 Å². The third-order valence-corrected chi connectivity index (χ3v) is 12.7. The molecule has 0 spiro atoms. The number of carbonyl (C=O) groups is 2. The first kappa shape index (κ1) is 24.8. The minimum atomic E-state index is -2.04. The van der Waals surface area contributed by atoms with Crippen LogP contribution in [0.2, 0.25) is 18.1 Å². The Bertz CT molecular complexity index is 922. The number of benzene rings is 1. The molecule has 0 N–H and O–H groups in total. The molecule has 174 valence electrons. The maximum Gasteiger partial charge on any atom is 0.356 e. The normalized spacial score (nSPS) is 24.2. The molecule has 1 aromatic carbocycles. The van der Waals surface area contributed by atoms with E-state index in [0.29, 0.717) is 5.70 Å². The van der Waals surface area contributed by atoms with Crippen LogP contribution in [0.3, 0.4) is 0 Å². The number of β-lactam (4-membered cyclic amide) rings is 1. The molecule has 0 saturated carbocycles. The Hall–Kier alpha value is -1.83. The van der Waals surface area contributed by atoms with Crippen molar-refractivity contribution < 1.29 is 18.8 Å². The number of amides is 1. The maximum atomic E-state index is 13.3. The molecule has 2 heterocycles. The van der Waals surface area contributed by atoms with Gasteiger partial charge in [0, 0.05) is 15.7 Å². The monoisotopic (exact) mass is 473 g/mol. The van der Waals surface area contributed by atoms with E-state index in [0.717, 1.165) is 9.80 Å². The van der Waals surface area contributed by atoms with Crippen LogP contribution in [0, 0.1) is 11.8 Å². The second-order valence-electron chi connectivity index (χ2n) is 10.1. The van der Waals surface area contributed by atoms with Gasteiger partial charge in [-0.15, -0.1) is 0 Å². The van der Waals surface area contributed by atoms with Gasteiger partial charge in [0.2, 0.25) is 5.91 Å². The molecule has 0 radical (unpaired) electrons. The van der Waals surface area contributed by atoms with Crippen molar-refractivity contribution in [1.82, 2.24) is 4.90 Å². The number of thioether (sulfide) groups is 1. The van der Waals surface area contributed by atoms with Crippen molar-refractivity contribution in [1.29, 1.82) is 0 Å². The first-order chi connectivity index (χ1) is 14.9. The van der Waals surface area contributed by atoms with Crippen molar-refractivity contribution in [3.63, 3.8) is 0 Å². The lowest BCUT2D eigenvalue weighted by Gasteiger charge is -2.50. The van der Waals surface area contributed by atoms with Gasteiger partial charge in [0.1, 0.15) is 12.3 Å². The van der Waals surface area contributed by atoms with Crippen LogP contribution in [0.15, 0.2) is 58.5 Å². The number of ether oxygens (including phenoxy) is 1. The van der Waals surface area contributed by atoms with E-state index < -0.39 is 14.3 Å². The minimum Gasteiger partial charge on any atom is -0.457 e. The molecule has 1 saturated heterocycles. The van der Waals surface area contributed by atoms with Gasteiger partial charge in [-0.05, 0) is 37.2 Å². The molecule has 4 atom stereocenters. The van der Waals surface area contributed by atoms with Crippen molar-refractivity contribution in [2.75, 3.05) is 6.61 Å². The predicted molar refractivity (Wildman–Crippen MR) is 132 cm³/mol. The molecule has 0 aliphatic carbocycles. The Morgan fingerprint density at radius 1 is 1.28 bits per heavy atom. The Morgan fingerprint density at radius 2 is 1.91 bits per heavy atom. The average Bonchev–Trinajstić information content (AvgIpc) is 2.94. The quantitative estimate of drug-likeness (QED) is 0.213. The zero-order valence-electron chi connectivity index (χ0n) is 20.2. The molecule has 1 aromatic rings. The summed E-state index contributed by atoms with van der Waals surface area (Å²) >= 11 is 1.54. The average molecular weight is 474 g/mol. The van der Waals surface area contributed by atoms with Gasteiger partial charge in [0.15, 0.2) is 8.32 Å². The van der Waals surface area contributed by atoms with Crippen molar-refractivity contribution in [2.45, 2.75) is 69.8 Å². The Balaban J connectivity index is 1.90. The summed E-state index contributed by atoms with van der Waals surface area (Å²) in [4.78, 5) is 29.9. The van der Waals surface area contributed by atoms with Crippen LogP contribution in [-0.2, 0) is 18.8 Å². The molecule has 5 nitrogen and oxygen atoms in total. The fourth-order valence-corrected chi connectivity index (χ4v) is 6.75. The van der Waals surface area contributed by atoms with Crippen LogP contribution in [0.1, 0.15) is 34.6 Å². The highest BCUT2D eigenvalue weighted by Gasteiger charge is 2.61. The summed E-state index contributed by atoms with van der Waals surface area (Å²) in [5.74, 6) is -0.778. The summed E-state index contributed by atoms with van der Waals surface area (Å²) in [5.41, 5.74) is 0.374. The number of fused-ring (bicyclic) bond motifs is 1. The number of hydrogen-bond acceptors (Lipinski definition) is 5. The van der Waals surface area contributed by atoms with Gasteiger partial charge < -0.3 is 14.1 Å². The van der Waals surface area contributed by atoms with Gasteiger partial charge in [-0.25, -0.2) is 4.79 Å². The van der Waals surface area contributed by atoms with E-state index in [1.807, 2.05) is 37.3 Å². The largest absolute Gasteiger partial charge is 0.457 e. The molecular weight excluding hydrogens is 438 g/mol. The van der Waals surface area contributed by atoms with Crippen LogP contribution in [0.5, 0.6) is 0 Å². The van der Waals surface area contributed by atoms with Gasteiger partial charge in [0.25, 0.3) is 0 Å². The highest BCUT2D eigenvalue weighted by atomic mass is 32.2. The molecule has 32 heavy (non-hydrogen) atoms. The fraction of sp³-hybridized carbons (Fsp3) is 0.520. The Morgan fingerprint density at radius 3 is 2.47 bits per heavy atom. The second-order valence-corrected chi connectivity index (χ2v) is 16.0. The number of nitrogens with zero attached hydrogens (tertiary/aromatic N) is 1. The summed E-state index contributed by atoms with van der Waals surface area (Å²) in [6, 6.07) is 9.82. The second kappa shape index (κ2) is 9.19. The summed E-state index contributed by atoms with van der Waals surface area (Å²) in [7, 11) is -2.04. The van der Waals surface area contributed by atoms with Gasteiger partial charge in [0.05, 0.1) is 18.1 Å². The SMILES string of the molecule is C=CCOC(=O)C1=C(Sc2ccccc2)[C@H](C)[C@@H]2[C@@H]([C@@H](C)O[Si](C)(C)C(C)(C)C)C(=O)N12. The van der Waals surface area contributed by atoms with E-state index >= 15 is 0 Å². The number of hydrogen-bond donors (Lipinski definition) is 0. The number of carbonyl (C=O) groups excluding carboxylic acids is 2. The molecule has 0 aromatic heterocycles. The molecule has 1 amide bonds. The van der Waals surface area contributed by atoms with Crippen LogP contribution in [-0.4, -0.2) is 43.8 Å². The van der Waals surface area contributed by atoms with E-state index in [9.17, 15) is 9.59 Å². The molecule has 2 aliphatic rings. The van der Waals surface area contributed by atoms with Gasteiger partial charge >= 0.3 is 5.97 Å². The maximum absolute atomic E-state index is 13.3. The third kappa shape index (κ3) is 4.47. The minimum absolute atomic E-state index is 0.0136. The van der Waals surface area contributed by atoms with Crippen molar-refractivity contribution in [2.24, 2.45) is 11.8 Å². The lowest BCUT2D eigenvalue weighted by atomic mass is 9.79. The van der Waals surface area contributed by atoms with E-state index in [-0.39, 0.29) is 41.5 Å². The first-order valence-corrected chi connectivity index (χ1v) is 14.9. The molecule has 2 aliphatic heterocycles. The van der Waals surface area contributed by atoms with Gasteiger partial charge in [-0.3, -0.25) is 4.79 Å². The lowest BCUT2D eigenvalue weighted by Crippen LogP contribution is -2.65. The molecule has 3 rings (SSSR count). The van der Waals surface area contributed by atoms with E-state index in [4.69, 9.17) is 9.16 Å². The predicted octanol–water partition coefficient (Wildman–Crippen LogP) is 5.61. The Labute approximate surface area is 197 Å². The molecule has 1 fully saturated rings. The van der Waals surface area contributed by atoms with E-state index in [1.54, 1.807) is 4.90 Å². The van der Waals surface area contributed by atoms with Crippen LogP contribution >= 0.6 is 11.8 Å². The zero-order chi connectivity index (χ0) is 23.8. The van der Waals surface area contributed by atoms with Crippen molar-refractivity contribution in [3.8, 4) is 0 Å². The zero-order valence-corrected chi connectivity index (χ0v) is 22.0. The summed E-state index contributed by atoms with van der Waals surface area (Å²) in [6.45, 7) is 18.8. The fourth-order valence-electron chi connectivity index (χ4n) is 4.17. The standard InChI is InChI=1S/C25H35NO4SSi/c1-9-15-29-24(28)21-22(31-18-13-11-10-12-14-18)16(2)20-19(23(27)26(20)21)17(3)30-32(7,8)25(4,5)6/h9-14,16-17,19-20H,1,15H2,2-8H3/t16-,17-,19-,20-/m1/s1. The highest BCUT2D eigenvalue weighted by Crippen LogP contribution is 2.53. The molecular formula is C25H35NO4SSi.